The van der Waals surface area contributed by atoms with Crippen molar-refractivity contribution in [2.24, 2.45) is 0 Å². The fraction of sp³-hybridized carbons (Fsp3) is 0.360. The monoisotopic (exact) mass is 515 g/mol. The van der Waals surface area contributed by atoms with Crippen molar-refractivity contribution in [3.63, 3.8) is 0 Å². The summed E-state index contributed by atoms with van der Waals surface area (Å²) in [4.78, 5) is 9.18. The maximum Gasteiger partial charge on any atom is 0.163 e. The molecule has 184 valence electrons. The van der Waals surface area contributed by atoms with Crippen LogP contribution in [-0.4, -0.2) is 75.4 Å². The Morgan fingerprint density at radius 1 is 1.00 bits per heavy atom. The Balaban J connectivity index is 1.63. The minimum Gasteiger partial charge on any atom is -0.495 e. The molecule has 0 radical (unpaired) electrons. The smallest absolute Gasteiger partial charge is 0.163 e. The summed E-state index contributed by atoms with van der Waals surface area (Å²) in [7, 11) is 5.25. The molecule has 2 aromatic carbocycles. The van der Waals surface area contributed by atoms with E-state index >= 15 is 0 Å². The molecule has 1 aliphatic heterocycles. The van der Waals surface area contributed by atoms with Crippen molar-refractivity contribution in [3.05, 3.63) is 46.1 Å². The number of pyridine rings is 1. The van der Waals surface area contributed by atoms with E-state index in [1.165, 1.54) is 13.3 Å². The number of piperazine rings is 1. The number of benzene rings is 2. The molecular weight excluding hydrogens is 489 g/mol. The van der Waals surface area contributed by atoms with E-state index in [0.29, 0.717) is 61.7 Å². The maximum atomic E-state index is 9.74. The quantitative estimate of drug-likeness (QED) is 0.457. The van der Waals surface area contributed by atoms with Gasteiger partial charge in [-0.25, -0.2) is 0 Å². The molecule has 4 rings (SSSR count). The van der Waals surface area contributed by atoms with E-state index in [9.17, 15) is 5.26 Å². The average Bonchev–Trinajstić information content (AvgIpc) is 2.86. The van der Waals surface area contributed by atoms with Gasteiger partial charge in [-0.15, -0.1) is 0 Å². The lowest BCUT2D eigenvalue weighted by Gasteiger charge is -2.32. The molecule has 10 heteroatoms. The lowest BCUT2D eigenvalue weighted by molar-refractivity contribution is 0.133. The number of aromatic nitrogens is 1. The molecule has 1 N–H and O–H groups in total. The van der Waals surface area contributed by atoms with Gasteiger partial charge in [-0.1, -0.05) is 23.2 Å². The Morgan fingerprint density at radius 2 is 1.74 bits per heavy atom. The van der Waals surface area contributed by atoms with Crippen LogP contribution in [0, 0.1) is 11.3 Å². The minimum absolute atomic E-state index is 0.355. The lowest BCUT2D eigenvalue weighted by Crippen LogP contribution is -2.45. The Hall–Kier alpha value is -2.96. The van der Waals surface area contributed by atoms with Gasteiger partial charge in [-0.05, 0) is 19.2 Å². The van der Waals surface area contributed by atoms with E-state index in [1.54, 1.807) is 19.2 Å². The number of methoxy groups -OCH3 is 2. The van der Waals surface area contributed by atoms with Crippen LogP contribution in [0.4, 0.5) is 11.4 Å². The number of nitrogens with one attached hydrogen (secondary N) is 1. The molecular formula is C25H27Cl2N5O3. The first-order valence-electron chi connectivity index (χ1n) is 11.2. The van der Waals surface area contributed by atoms with E-state index in [1.807, 2.05) is 12.1 Å². The van der Waals surface area contributed by atoms with Gasteiger partial charge in [0.15, 0.2) is 11.5 Å². The first kappa shape index (κ1) is 25.1. The molecule has 1 saturated heterocycles. The van der Waals surface area contributed by atoms with Crippen LogP contribution in [-0.2, 0) is 0 Å². The van der Waals surface area contributed by atoms with E-state index in [0.717, 1.165) is 32.7 Å². The van der Waals surface area contributed by atoms with Gasteiger partial charge in [-0.2, -0.15) is 5.26 Å². The second kappa shape index (κ2) is 11.2. The fourth-order valence-electron chi connectivity index (χ4n) is 3.96. The number of fused-ring (bicyclic) bond motifs is 1. The van der Waals surface area contributed by atoms with Crippen LogP contribution >= 0.6 is 23.2 Å². The van der Waals surface area contributed by atoms with Crippen LogP contribution < -0.4 is 19.5 Å². The molecule has 1 fully saturated rings. The zero-order valence-electron chi connectivity index (χ0n) is 19.9. The molecule has 0 atom stereocenters. The Labute approximate surface area is 214 Å². The molecule has 0 aliphatic carbocycles. The summed E-state index contributed by atoms with van der Waals surface area (Å²) in [6.07, 6.45) is 1.52. The van der Waals surface area contributed by atoms with Crippen LogP contribution in [0.1, 0.15) is 5.56 Å². The van der Waals surface area contributed by atoms with Crippen LogP contribution in [0.25, 0.3) is 10.9 Å². The zero-order valence-corrected chi connectivity index (χ0v) is 21.4. The molecule has 3 aromatic rings. The number of halogens is 2. The van der Waals surface area contributed by atoms with Gasteiger partial charge in [-0.3, -0.25) is 9.88 Å². The van der Waals surface area contributed by atoms with E-state index < -0.39 is 0 Å². The summed E-state index contributed by atoms with van der Waals surface area (Å²) in [5, 5.41) is 14.5. The lowest BCUT2D eigenvalue weighted by atomic mass is 10.1. The third-order valence-corrected chi connectivity index (χ3v) is 6.64. The predicted molar refractivity (Wildman–Crippen MR) is 139 cm³/mol. The first-order valence-corrected chi connectivity index (χ1v) is 11.9. The van der Waals surface area contributed by atoms with Crippen LogP contribution in [0.3, 0.4) is 0 Å². The van der Waals surface area contributed by atoms with Gasteiger partial charge >= 0.3 is 0 Å². The first-order chi connectivity index (χ1) is 16.9. The highest BCUT2D eigenvalue weighted by Crippen LogP contribution is 2.40. The number of hydrogen-bond donors (Lipinski definition) is 1. The Morgan fingerprint density at radius 3 is 2.43 bits per heavy atom. The van der Waals surface area contributed by atoms with Crippen molar-refractivity contribution in [2.75, 3.05) is 65.9 Å². The van der Waals surface area contributed by atoms with Crippen molar-refractivity contribution in [3.8, 4) is 23.3 Å². The molecule has 0 bridgehead atoms. The minimum atomic E-state index is 0.355. The standard InChI is InChI=1S/C25H27Cl2N5O3/c1-31-4-6-32(7-5-31)8-9-35-24-12-20-17(10-23(24)34-3)25(16(14-28)15-29-20)30-21-13-22(33-2)19(27)11-18(21)26/h10-13,15H,4-9H2,1-3H3,(H,29,30). The summed E-state index contributed by atoms with van der Waals surface area (Å²) < 4.78 is 17.0. The van der Waals surface area contributed by atoms with Gasteiger partial charge in [0.25, 0.3) is 0 Å². The molecule has 0 saturated carbocycles. The third kappa shape index (κ3) is 5.65. The van der Waals surface area contributed by atoms with Crippen molar-refractivity contribution >= 4 is 45.5 Å². The topological polar surface area (TPSA) is 82.9 Å². The molecule has 2 heterocycles. The number of ether oxygens (including phenoxy) is 3. The van der Waals surface area contributed by atoms with Gasteiger partial charge in [0, 0.05) is 56.4 Å². The highest BCUT2D eigenvalue weighted by molar-refractivity contribution is 6.37. The number of likely N-dealkylation sites (N-methyl/N-ethyl adjacent to an activating group) is 1. The fourth-order valence-corrected chi connectivity index (χ4v) is 4.47. The van der Waals surface area contributed by atoms with Crippen LogP contribution in [0.5, 0.6) is 17.2 Å². The van der Waals surface area contributed by atoms with Crippen molar-refractivity contribution < 1.29 is 14.2 Å². The number of nitriles is 1. The predicted octanol–water partition coefficient (Wildman–Crippen LogP) is 4.80. The normalized spacial score (nSPS) is 14.5. The Kier molecular flexibility index (Phi) is 8.04. The van der Waals surface area contributed by atoms with E-state index in [4.69, 9.17) is 37.4 Å². The van der Waals surface area contributed by atoms with Crippen molar-refractivity contribution in [1.82, 2.24) is 14.8 Å². The highest BCUT2D eigenvalue weighted by Gasteiger charge is 2.18. The van der Waals surface area contributed by atoms with Gasteiger partial charge in [0.1, 0.15) is 18.4 Å². The number of nitrogens with zero attached hydrogens (tertiary/aromatic N) is 4. The average molecular weight is 516 g/mol. The second-order valence-corrected chi connectivity index (χ2v) is 9.08. The molecule has 0 amide bonds. The van der Waals surface area contributed by atoms with Crippen molar-refractivity contribution in [2.45, 2.75) is 0 Å². The van der Waals surface area contributed by atoms with E-state index in [2.05, 4.69) is 33.2 Å². The Bertz CT molecular complexity index is 1260. The summed E-state index contributed by atoms with van der Waals surface area (Å²) in [6.45, 7) is 5.54. The summed E-state index contributed by atoms with van der Waals surface area (Å²) in [6, 6.07) is 9.11. The van der Waals surface area contributed by atoms with Crippen molar-refractivity contribution in [1.29, 1.82) is 5.26 Å². The van der Waals surface area contributed by atoms with Crippen LogP contribution in [0.2, 0.25) is 10.0 Å². The largest absolute Gasteiger partial charge is 0.495 e. The zero-order chi connectivity index (χ0) is 24.9. The molecule has 1 aromatic heterocycles. The van der Waals surface area contributed by atoms with Gasteiger partial charge in [0.2, 0.25) is 0 Å². The van der Waals surface area contributed by atoms with Crippen LogP contribution in [0.15, 0.2) is 30.5 Å². The van der Waals surface area contributed by atoms with Gasteiger partial charge < -0.3 is 24.4 Å². The summed E-state index contributed by atoms with van der Waals surface area (Å²) in [5.41, 5.74) is 2.10. The second-order valence-electron chi connectivity index (χ2n) is 8.26. The number of hydrogen-bond acceptors (Lipinski definition) is 8. The van der Waals surface area contributed by atoms with E-state index in [-0.39, 0.29) is 0 Å². The molecule has 0 unspecified atom stereocenters. The maximum absolute atomic E-state index is 9.74. The van der Waals surface area contributed by atoms with Gasteiger partial charge in [0.05, 0.1) is 46.7 Å². The summed E-state index contributed by atoms with van der Waals surface area (Å²) in [5.74, 6) is 1.61. The third-order valence-electron chi connectivity index (χ3n) is 6.04. The molecule has 1 aliphatic rings. The molecule has 8 nitrogen and oxygen atoms in total. The number of anilines is 2. The SMILES string of the molecule is COc1cc(Nc2c(C#N)cnc3cc(OCCN4CCN(C)CC4)c(OC)cc23)c(Cl)cc1Cl. The summed E-state index contributed by atoms with van der Waals surface area (Å²) >= 11 is 12.6. The highest BCUT2D eigenvalue weighted by atomic mass is 35.5. The molecule has 0 spiro atoms. The number of rotatable bonds is 8. The molecule has 35 heavy (non-hydrogen) atoms.